The highest BCUT2D eigenvalue weighted by atomic mass is 35.5. The zero-order valence-corrected chi connectivity index (χ0v) is 9.20. The van der Waals surface area contributed by atoms with Gasteiger partial charge in [-0.25, -0.2) is 0 Å². The molecule has 0 aliphatic rings. The Morgan fingerprint density at radius 1 is 1.31 bits per heavy atom. The van der Waals surface area contributed by atoms with Gasteiger partial charge in [-0.2, -0.15) is 0 Å². The van der Waals surface area contributed by atoms with Crippen molar-refractivity contribution in [3.63, 3.8) is 0 Å². The fraction of sp³-hybridized carbons (Fsp3) is 0.333. The molecule has 0 amide bonds. The molecular weight excluding hydrogens is 180 g/mol. The van der Waals surface area contributed by atoms with Crippen LogP contribution >= 0.6 is 11.6 Å². The van der Waals surface area contributed by atoms with Crippen LogP contribution in [0.5, 0.6) is 0 Å². The minimum Gasteiger partial charge on any atom is -0.0998 e. The second-order valence-electron chi connectivity index (χ2n) is 3.68. The Morgan fingerprint density at radius 3 is 2.15 bits per heavy atom. The average Bonchev–Trinajstić information content (AvgIpc) is 1.98. The van der Waals surface area contributed by atoms with Gasteiger partial charge in [0.05, 0.1) is 0 Å². The summed E-state index contributed by atoms with van der Waals surface area (Å²) in [6, 6.07) is 4.26. The van der Waals surface area contributed by atoms with Crippen LogP contribution in [0, 0.1) is 13.8 Å². The minimum absolute atomic E-state index is 0.880. The van der Waals surface area contributed by atoms with E-state index >= 15 is 0 Å². The van der Waals surface area contributed by atoms with Crippen LogP contribution < -0.4 is 0 Å². The van der Waals surface area contributed by atoms with Crippen molar-refractivity contribution in [1.82, 2.24) is 0 Å². The Balaban J connectivity index is 3.06. The summed E-state index contributed by atoms with van der Waals surface area (Å²) in [4.78, 5) is 0. The molecule has 0 fully saturated rings. The molecule has 0 nitrogen and oxygen atoms in total. The van der Waals surface area contributed by atoms with E-state index in [0.717, 1.165) is 22.6 Å². The SMILES string of the molecule is C=C(C)Cc1cc(C)c(Cl)c(C)c1. The maximum atomic E-state index is 6.06. The first-order chi connectivity index (χ1) is 6.00. The first-order valence-electron chi connectivity index (χ1n) is 4.40. The van der Waals surface area contributed by atoms with E-state index < -0.39 is 0 Å². The number of hydrogen-bond donors (Lipinski definition) is 0. The smallest absolute Gasteiger partial charge is 0.0464 e. The van der Waals surface area contributed by atoms with Gasteiger partial charge in [-0.1, -0.05) is 35.9 Å². The fourth-order valence-corrected chi connectivity index (χ4v) is 1.60. The molecule has 0 unspecified atom stereocenters. The lowest BCUT2D eigenvalue weighted by Gasteiger charge is -2.07. The maximum Gasteiger partial charge on any atom is 0.0464 e. The predicted octanol–water partition coefficient (Wildman–Crippen LogP) is 4.08. The summed E-state index contributed by atoms with van der Waals surface area (Å²) in [6.07, 6.45) is 0.943. The quantitative estimate of drug-likeness (QED) is 0.623. The van der Waals surface area contributed by atoms with Gasteiger partial charge in [0.15, 0.2) is 0 Å². The highest BCUT2D eigenvalue weighted by molar-refractivity contribution is 6.32. The third-order valence-corrected chi connectivity index (χ3v) is 2.60. The van der Waals surface area contributed by atoms with Crippen molar-refractivity contribution in [2.45, 2.75) is 27.2 Å². The highest BCUT2D eigenvalue weighted by Gasteiger charge is 2.02. The standard InChI is InChI=1S/C12H15Cl/c1-8(2)5-11-6-9(3)12(13)10(4)7-11/h6-7H,1,5H2,2-4H3. The molecular formula is C12H15Cl. The van der Waals surface area contributed by atoms with Crippen molar-refractivity contribution in [1.29, 1.82) is 0 Å². The van der Waals surface area contributed by atoms with Crippen molar-refractivity contribution in [3.05, 3.63) is 46.0 Å². The van der Waals surface area contributed by atoms with Crippen LogP contribution in [0.4, 0.5) is 0 Å². The molecule has 0 saturated carbocycles. The Bertz CT molecular complexity index is 314. The first-order valence-corrected chi connectivity index (χ1v) is 4.78. The first kappa shape index (κ1) is 10.3. The second-order valence-corrected chi connectivity index (χ2v) is 4.06. The Morgan fingerprint density at radius 2 is 1.77 bits per heavy atom. The number of hydrogen-bond acceptors (Lipinski definition) is 0. The van der Waals surface area contributed by atoms with Gasteiger partial charge in [-0.15, -0.1) is 0 Å². The molecule has 0 N–H and O–H groups in total. The summed E-state index contributed by atoms with van der Waals surface area (Å²) >= 11 is 6.06. The number of aryl methyl sites for hydroxylation is 2. The second kappa shape index (κ2) is 3.97. The van der Waals surface area contributed by atoms with Gasteiger partial charge in [0, 0.05) is 5.02 Å². The zero-order chi connectivity index (χ0) is 10.0. The van der Waals surface area contributed by atoms with Gasteiger partial charge in [-0.3, -0.25) is 0 Å². The topological polar surface area (TPSA) is 0 Å². The van der Waals surface area contributed by atoms with Crippen LogP contribution in [-0.4, -0.2) is 0 Å². The number of benzene rings is 1. The molecule has 0 spiro atoms. The third-order valence-electron chi connectivity index (χ3n) is 2.00. The lowest BCUT2D eigenvalue weighted by molar-refractivity contribution is 1.14. The highest BCUT2D eigenvalue weighted by Crippen LogP contribution is 2.22. The molecule has 1 aromatic rings. The molecule has 0 bridgehead atoms. The van der Waals surface area contributed by atoms with Crippen molar-refractivity contribution < 1.29 is 0 Å². The zero-order valence-electron chi connectivity index (χ0n) is 8.45. The van der Waals surface area contributed by atoms with Gasteiger partial charge < -0.3 is 0 Å². The molecule has 1 aromatic carbocycles. The predicted molar refractivity (Wildman–Crippen MR) is 59.4 cm³/mol. The molecule has 70 valence electrons. The average molecular weight is 195 g/mol. The number of rotatable bonds is 2. The lowest BCUT2D eigenvalue weighted by atomic mass is 10.0. The van der Waals surface area contributed by atoms with Gasteiger partial charge in [0.2, 0.25) is 0 Å². The molecule has 1 rings (SSSR count). The van der Waals surface area contributed by atoms with E-state index in [9.17, 15) is 0 Å². The van der Waals surface area contributed by atoms with E-state index in [-0.39, 0.29) is 0 Å². The van der Waals surface area contributed by atoms with Gasteiger partial charge in [0.1, 0.15) is 0 Å². The Labute approximate surface area is 85.2 Å². The van der Waals surface area contributed by atoms with Gasteiger partial charge in [-0.05, 0) is 43.9 Å². The van der Waals surface area contributed by atoms with Gasteiger partial charge in [0.25, 0.3) is 0 Å². The van der Waals surface area contributed by atoms with Crippen molar-refractivity contribution in [3.8, 4) is 0 Å². The summed E-state index contributed by atoms with van der Waals surface area (Å²) in [5, 5.41) is 0.880. The molecule has 1 heteroatoms. The summed E-state index contributed by atoms with van der Waals surface area (Å²) in [6.45, 7) is 10.0. The van der Waals surface area contributed by atoms with Crippen molar-refractivity contribution in [2.24, 2.45) is 0 Å². The molecule has 0 atom stereocenters. The molecule has 0 radical (unpaired) electrons. The van der Waals surface area contributed by atoms with E-state index in [2.05, 4.69) is 18.7 Å². The molecule has 0 saturated heterocycles. The van der Waals surface area contributed by atoms with E-state index in [4.69, 9.17) is 11.6 Å². The number of allylic oxidation sites excluding steroid dienone is 1. The minimum atomic E-state index is 0.880. The fourth-order valence-electron chi connectivity index (χ4n) is 1.49. The van der Waals surface area contributed by atoms with Crippen LogP contribution in [0.2, 0.25) is 5.02 Å². The molecule has 0 aliphatic carbocycles. The van der Waals surface area contributed by atoms with E-state index in [1.807, 2.05) is 20.8 Å². The Kier molecular flexibility index (Phi) is 3.16. The van der Waals surface area contributed by atoms with E-state index in [1.165, 1.54) is 11.1 Å². The van der Waals surface area contributed by atoms with Crippen LogP contribution in [-0.2, 0) is 6.42 Å². The molecule has 13 heavy (non-hydrogen) atoms. The normalized spacial score (nSPS) is 10.2. The lowest BCUT2D eigenvalue weighted by Crippen LogP contribution is -1.90. The maximum absolute atomic E-state index is 6.06. The third kappa shape index (κ3) is 2.60. The van der Waals surface area contributed by atoms with Crippen LogP contribution in [0.3, 0.4) is 0 Å². The van der Waals surface area contributed by atoms with Gasteiger partial charge >= 0.3 is 0 Å². The molecule has 0 aromatic heterocycles. The molecule has 0 heterocycles. The summed E-state index contributed by atoms with van der Waals surface area (Å²) in [5.74, 6) is 0. The number of halogens is 1. The monoisotopic (exact) mass is 194 g/mol. The largest absolute Gasteiger partial charge is 0.0998 e. The van der Waals surface area contributed by atoms with Crippen LogP contribution in [0.1, 0.15) is 23.6 Å². The summed E-state index contributed by atoms with van der Waals surface area (Å²) < 4.78 is 0. The summed E-state index contributed by atoms with van der Waals surface area (Å²) in [7, 11) is 0. The van der Waals surface area contributed by atoms with Crippen LogP contribution in [0.25, 0.3) is 0 Å². The Hall–Kier alpha value is -0.750. The van der Waals surface area contributed by atoms with E-state index in [1.54, 1.807) is 0 Å². The van der Waals surface area contributed by atoms with Crippen molar-refractivity contribution in [2.75, 3.05) is 0 Å². The summed E-state index contributed by atoms with van der Waals surface area (Å²) in [5.41, 5.74) is 4.78. The van der Waals surface area contributed by atoms with Crippen LogP contribution in [0.15, 0.2) is 24.3 Å². The van der Waals surface area contributed by atoms with E-state index in [0.29, 0.717) is 0 Å². The van der Waals surface area contributed by atoms with Crippen molar-refractivity contribution >= 4 is 11.6 Å². The molecule has 0 aliphatic heterocycles.